The van der Waals surface area contributed by atoms with Crippen LogP contribution in [0.5, 0.6) is 5.75 Å². The van der Waals surface area contributed by atoms with Gasteiger partial charge in [0.2, 0.25) is 0 Å². The van der Waals surface area contributed by atoms with Gasteiger partial charge in [0.15, 0.2) is 0 Å². The van der Waals surface area contributed by atoms with E-state index in [4.69, 9.17) is 14.3 Å². The molecule has 1 aromatic heterocycles. The number of hydrogen-bond acceptors (Lipinski definition) is 4. The lowest BCUT2D eigenvalue weighted by molar-refractivity contribution is -0.136. The molecule has 0 aliphatic rings. The summed E-state index contributed by atoms with van der Waals surface area (Å²) >= 11 is 2.25. The number of aliphatic carboxylic acids is 1. The molecule has 3 rings (SSSR count). The summed E-state index contributed by atoms with van der Waals surface area (Å²) in [6.45, 7) is 3.97. The van der Waals surface area contributed by atoms with Crippen molar-refractivity contribution in [2.45, 2.75) is 26.9 Å². The predicted octanol–water partition coefficient (Wildman–Crippen LogP) is 4.22. The minimum atomic E-state index is -1.06. The van der Waals surface area contributed by atoms with Gasteiger partial charge >= 0.3 is 11.6 Å². The minimum Gasteiger partial charge on any atom is -0.488 e. The smallest absolute Gasteiger partial charge is 0.340 e. The quantitative estimate of drug-likeness (QED) is 0.452. The Bertz CT molecular complexity index is 1050. The fourth-order valence-corrected chi connectivity index (χ4v) is 3.48. The molecule has 26 heavy (non-hydrogen) atoms. The van der Waals surface area contributed by atoms with Gasteiger partial charge in [-0.1, -0.05) is 12.1 Å². The molecule has 1 heterocycles. The Labute approximate surface area is 163 Å². The summed E-state index contributed by atoms with van der Waals surface area (Å²) in [6.07, 6.45) is -0.353. The third-order valence-corrected chi connectivity index (χ3v) is 4.94. The number of rotatable bonds is 5. The maximum absolute atomic E-state index is 12.2. The lowest BCUT2D eigenvalue weighted by atomic mass is 10.0. The van der Waals surface area contributed by atoms with Crippen molar-refractivity contribution >= 4 is 39.5 Å². The van der Waals surface area contributed by atoms with Gasteiger partial charge in [-0.05, 0) is 71.8 Å². The highest BCUT2D eigenvalue weighted by atomic mass is 127. The molecule has 3 aromatic rings. The molecule has 0 amide bonds. The highest BCUT2D eigenvalue weighted by Crippen LogP contribution is 2.30. The van der Waals surface area contributed by atoms with E-state index in [-0.39, 0.29) is 12.0 Å². The Morgan fingerprint density at radius 1 is 1.19 bits per heavy atom. The molecule has 134 valence electrons. The number of carboxylic acid groups (broad SMARTS) is 1. The van der Waals surface area contributed by atoms with Crippen LogP contribution in [0.2, 0.25) is 0 Å². The van der Waals surface area contributed by atoms with Crippen molar-refractivity contribution in [2.75, 3.05) is 0 Å². The number of benzene rings is 2. The third-order valence-electron chi connectivity index (χ3n) is 4.27. The standard InChI is InChI=1S/C20H17IO5/c1-11-15-6-7-17(25-10-13-4-3-5-14(21)8-13)12(2)19(15)26-20(24)16(11)9-18(22)23/h3-8H,9-10H2,1-2H3,(H,22,23). The van der Waals surface area contributed by atoms with Gasteiger partial charge in [0.25, 0.3) is 0 Å². The number of ether oxygens (including phenoxy) is 1. The van der Waals surface area contributed by atoms with E-state index in [0.29, 0.717) is 23.5 Å². The number of fused-ring (bicyclic) bond motifs is 1. The van der Waals surface area contributed by atoms with Gasteiger partial charge in [-0.3, -0.25) is 4.79 Å². The van der Waals surface area contributed by atoms with E-state index < -0.39 is 11.6 Å². The van der Waals surface area contributed by atoms with Crippen LogP contribution in [0.3, 0.4) is 0 Å². The zero-order valence-corrected chi connectivity index (χ0v) is 16.5. The fraction of sp³-hybridized carbons (Fsp3) is 0.200. The van der Waals surface area contributed by atoms with Crippen molar-refractivity contribution in [2.24, 2.45) is 0 Å². The highest BCUT2D eigenvalue weighted by Gasteiger charge is 2.17. The molecule has 6 heteroatoms. The van der Waals surface area contributed by atoms with Gasteiger partial charge < -0.3 is 14.3 Å². The molecule has 0 saturated carbocycles. The molecule has 1 N–H and O–H groups in total. The van der Waals surface area contributed by atoms with Crippen LogP contribution in [0.4, 0.5) is 0 Å². The number of halogens is 1. The van der Waals surface area contributed by atoms with Crippen molar-refractivity contribution in [3.8, 4) is 5.75 Å². The zero-order chi connectivity index (χ0) is 18.8. The minimum absolute atomic E-state index is 0.178. The number of carboxylic acids is 1. The third kappa shape index (κ3) is 3.75. The number of hydrogen-bond donors (Lipinski definition) is 1. The Hall–Kier alpha value is -2.35. The van der Waals surface area contributed by atoms with E-state index in [2.05, 4.69) is 22.6 Å². The summed E-state index contributed by atoms with van der Waals surface area (Å²) in [5.74, 6) is -0.432. The van der Waals surface area contributed by atoms with Gasteiger partial charge in [-0.15, -0.1) is 0 Å². The molecule has 0 aliphatic heterocycles. The van der Waals surface area contributed by atoms with Crippen molar-refractivity contribution in [3.05, 3.63) is 72.6 Å². The molecule has 0 atom stereocenters. The van der Waals surface area contributed by atoms with Crippen LogP contribution in [0.1, 0.15) is 22.3 Å². The van der Waals surface area contributed by atoms with Crippen molar-refractivity contribution in [3.63, 3.8) is 0 Å². The van der Waals surface area contributed by atoms with Gasteiger partial charge in [0, 0.05) is 14.5 Å². The summed E-state index contributed by atoms with van der Waals surface area (Å²) in [5.41, 5.74) is 2.39. The van der Waals surface area contributed by atoms with E-state index in [1.165, 1.54) is 0 Å². The molecular formula is C20H17IO5. The average Bonchev–Trinajstić information content (AvgIpc) is 2.58. The van der Waals surface area contributed by atoms with Crippen molar-refractivity contribution in [1.29, 1.82) is 0 Å². The Morgan fingerprint density at radius 3 is 2.65 bits per heavy atom. The molecule has 0 radical (unpaired) electrons. The summed E-state index contributed by atoms with van der Waals surface area (Å²) in [4.78, 5) is 23.2. The topological polar surface area (TPSA) is 76.7 Å². The first-order valence-corrected chi connectivity index (χ1v) is 9.09. The molecular weight excluding hydrogens is 447 g/mol. The first kappa shape index (κ1) is 18.4. The Kier molecular flexibility index (Phi) is 5.31. The summed E-state index contributed by atoms with van der Waals surface area (Å²) < 4.78 is 12.4. The predicted molar refractivity (Wildman–Crippen MR) is 107 cm³/mol. The second kappa shape index (κ2) is 7.49. The van der Waals surface area contributed by atoms with Gasteiger partial charge in [0.1, 0.15) is 17.9 Å². The fourth-order valence-electron chi connectivity index (χ4n) is 2.87. The van der Waals surface area contributed by atoms with E-state index >= 15 is 0 Å². The largest absolute Gasteiger partial charge is 0.488 e. The molecule has 0 aliphatic carbocycles. The molecule has 0 bridgehead atoms. The number of aryl methyl sites for hydroxylation is 2. The van der Waals surface area contributed by atoms with Crippen LogP contribution in [-0.2, 0) is 17.8 Å². The summed E-state index contributed by atoms with van der Waals surface area (Å²) in [6, 6.07) is 11.6. The van der Waals surface area contributed by atoms with Crippen LogP contribution < -0.4 is 10.4 Å². The zero-order valence-electron chi connectivity index (χ0n) is 14.3. The molecule has 0 unspecified atom stereocenters. The molecule has 0 fully saturated rings. The Morgan fingerprint density at radius 2 is 1.96 bits per heavy atom. The van der Waals surface area contributed by atoms with Gasteiger partial charge in [-0.25, -0.2) is 4.79 Å². The van der Waals surface area contributed by atoms with Gasteiger partial charge in [0.05, 0.1) is 12.0 Å². The highest BCUT2D eigenvalue weighted by molar-refractivity contribution is 14.1. The summed E-state index contributed by atoms with van der Waals surface area (Å²) in [7, 11) is 0. The first-order valence-electron chi connectivity index (χ1n) is 8.01. The van der Waals surface area contributed by atoms with Crippen molar-refractivity contribution in [1.82, 2.24) is 0 Å². The van der Waals surface area contributed by atoms with Crippen molar-refractivity contribution < 1.29 is 19.1 Å². The van der Waals surface area contributed by atoms with E-state index in [1.54, 1.807) is 13.0 Å². The molecule has 0 spiro atoms. The van der Waals surface area contributed by atoms with Crippen LogP contribution in [0.25, 0.3) is 11.0 Å². The monoisotopic (exact) mass is 464 g/mol. The van der Waals surface area contributed by atoms with Crippen LogP contribution in [0, 0.1) is 17.4 Å². The molecule has 5 nitrogen and oxygen atoms in total. The maximum Gasteiger partial charge on any atom is 0.340 e. The van der Waals surface area contributed by atoms with Gasteiger partial charge in [-0.2, -0.15) is 0 Å². The van der Waals surface area contributed by atoms with Crippen LogP contribution >= 0.6 is 22.6 Å². The van der Waals surface area contributed by atoms with E-state index in [1.807, 2.05) is 37.3 Å². The lowest BCUT2D eigenvalue weighted by Gasteiger charge is -2.13. The summed E-state index contributed by atoms with van der Waals surface area (Å²) in [5, 5.41) is 9.71. The maximum atomic E-state index is 12.2. The number of carbonyl (C=O) groups is 1. The first-order chi connectivity index (χ1) is 12.4. The average molecular weight is 464 g/mol. The van der Waals surface area contributed by atoms with E-state index in [9.17, 15) is 9.59 Å². The second-order valence-electron chi connectivity index (χ2n) is 6.05. The Balaban J connectivity index is 1.98. The molecule has 0 saturated heterocycles. The lowest BCUT2D eigenvalue weighted by Crippen LogP contribution is -2.15. The van der Waals surface area contributed by atoms with Crippen LogP contribution in [-0.4, -0.2) is 11.1 Å². The molecule has 2 aromatic carbocycles. The normalized spacial score (nSPS) is 10.9. The SMILES string of the molecule is Cc1c(CC(=O)O)c(=O)oc2c(C)c(OCc3cccc(I)c3)ccc12. The van der Waals surface area contributed by atoms with E-state index in [0.717, 1.165) is 20.1 Å². The van der Waals surface area contributed by atoms with Crippen LogP contribution in [0.15, 0.2) is 45.6 Å². The second-order valence-corrected chi connectivity index (χ2v) is 7.29.